The molecule has 1 aromatic heterocycles. The van der Waals surface area contributed by atoms with Crippen LogP contribution in [-0.4, -0.2) is 28.2 Å². The number of aromatic nitrogens is 2. The van der Waals surface area contributed by atoms with Crippen molar-refractivity contribution in [2.24, 2.45) is 0 Å². The third kappa shape index (κ3) is 6.46. The van der Waals surface area contributed by atoms with Gasteiger partial charge in [-0.25, -0.2) is 9.18 Å². The lowest BCUT2D eigenvalue weighted by atomic mass is 10.1. The fourth-order valence-electron chi connectivity index (χ4n) is 3.09. The second-order valence-corrected chi connectivity index (χ2v) is 9.15. The van der Waals surface area contributed by atoms with Crippen LogP contribution in [0.25, 0.3) is 10.6 Å². The molecule has 1 atom stereocenters. The minimum Gasteiger partial charge on any atom is -0.326 e. The van der Waals surface area contributed by atoms with E-state index in [9.17, 15) is 14.0 Å². The highest BCUT2D eigenvalue weighted by molar-refractivity contribution is 9.10. The Balaban J connectivity index is 1.46. The lowest BCUT2D eigenvalue weighted by Crippen LogP contribution is -2.46. The quantitative estimate of drug-likeness (QED) is 0.289. The summed E-state index contributed by atoms with van der Waals surface area (Å²) >= 11 is 4.51. The van der Waals surface area contributed by atoms with Gasteiger partial charge in [0.1, 0.15) is 16.9 Å². The predicted molar refractivity (Wildman–Crippen MR) is 134 cm³/mol. The van der Waals surface area contributed by atoms with Crippen molar-refractivity contribution in [2.75, 3.05) is 10.6 Å². The number of nitrogens with one attached hydrogen (secondary N) is 3. The van der Waals surface area contributed by atoms with Gasteiger partial charge in [-0.2, -0.15) is 0 Å². The second-order valence-electron chi connectivity index (χ2n) is 7.26. The average molecular weight is 540 g/mol. The van der Waals surface area contributed by atoms with Crippen molar-refractivity contribution in [3.8, 4) is 10.6 Å². The van der Waals surface area contributed by atoms with Gasteiger partial charge in [-0.15, -0.1) is 10.2 Å². The first-order chi connectivity index (χ1) is 16.5. The van der Waals surface area contributed by atoms with Crippen molar-refractivity contribution >= 4 is 50.0 Å². The molecule has 0 aliphatic rings. The van der Waals surface area contributed by atoms with Gasteiger partial charge in [-0.1, -0.05) is 57.6 Å². The van der Waals surface area contributed by atoms with E-state index >= 15 is 0 Å². The molecule has 172 valence electrons. The molecule has 1 heterocycles. The molecular weight excluding hydrogens is 521 g/mol. The van der Waals surface area contributed by atoms with Crippen LogP contribution in [0.5, 0.6) is 0 Å². The fourth-order valence-corrected chi connectivity index (χ4v) is 4.11. The highest BCUT2D eigenvalue weighted by Gasteiger charge is 2.23. The van der Waals surface area contributed by atoms with E-state index in [0.29, 0.717) is 16.3 Å². The molecule has 0 spiro atoms. The molecular formula is C24H19BrFN5O2S. The lowest BCUT2D eigenvalue weighted by Gasteiger charge is -2.18. The number of halogens is 2. The molecule has 0 saturated carbocycles. The Morgan fingerprint density at radius 1 is 0.912 bits per heavy atom. The largest absolute Gasteiger partial charge is 0.326 e. The number of anilines is 2. The number of rotatable bonds is 7. The molecule has 4 rings (SSSR count). The number of carbonyl (C=O) groups is 2. The summed E-state index contributed by atoms with van der Waals surface area (Å²) in [5.41, 5.74) is 2.16. The Morgan fingerprint density at radius 2 is 1.62 bits per heavy atom. The molecule has 0 aliphatic heterocycles. The van der Waals surface area contributed by atoms with Gasteiger partial charge in [-0.3, -0.25) is 10.1 Å². The van der Waals surface area contributed by atoms with E-state index in [0.717, 1.165) is 21.4 Å². The lowest BCUT2D eigenvalue weighted by molar-refractivity contribution is -0.117. The van der Waals surface area contributed by atoms with Crippen molar-refractivity contribution in [3.05, 3.63) is 94.7 Å². The minimum absolute atomic E-state index is 0.275. The SMILES string of the molecule is O=C(Nc1ccc(Br)cc1)N[C@H](Cc1ccccc1)C(=O)Nc1nnc(-c2ccc(F)cc2)s1. The molecule has 3 amide bonds. The first-order valence-corrected chi connectivity index (χ1v) is 11.8. The van der Waals surface area contributed by atoms with Gasteiger partial charge >= 0.3 is 6.03 Å². The molecule has 4 aromatic rings. The third-order valence-electron chi connectivity index (χ3n) is 4.75. The van der Waals surface area contributed by atoms with Gasteiger partial charge in [0.25, 0.3) is 0 Å². The highest BCUT2D eigenvalue weighted by Crippen LogP contribution is 2.26. The summed E-state index contributed by atoms with van der Waals surface area (Å²) in [7, 11) is 0. The molecule has 0 bridgehead atoms. The predicted octanol–water partition coefficient (Wildman–Crippen LogP) is 5.48. The standard InChI is InChI=1S/C24H19BrFN5O2S/c25-17-8-12-19(13-9-17)27-23(33)28-20(14-15-4-2-1-3-5-15)21(32)29-24-31-30-22(34-24)16-6-10-18(26)11-7-16/h1-13,20H,14H2,(H2,27,28,33)(H,29,31,32)/t20-/m1/s1. The van der Waals surface area contributed by atoms with Crippen LogP contribution < -0.4 is 16.0 Å². The van der Waals surface area contributed by atoms with Crippen LogP contribution in [0.1, 0.15) is 5.56 Å². The summed E-state index contributed by atoms with van der Waals surface area (Å²) in [6.07, 6.45) is 0.282. The van der Waals surface area contributed by atoms with E-state index in [1.165, 1.54) is 12.1 Å². The first kappa shape index (κ1) is 23.5. The highest BCUT2D eigenvalue weighted by atomic mass is 79.9. The van der Waals surface area contributed by atoms with Crippen LogP contribution in [0.3, 0.4) is 0 Å². The number of amides is 3. The Hall–Kier alpha value is -3.63. The van der Waals surface area contributed by atoms with Gasteiger partial charge in [0.05, 0.1) is 0 Å². The molecule has 10 heteroatoms. The zero-order chi connectivity index (χ0) is 23.9. The van der Waals surface area contributed by atoms with E-state index in [4.69, 9.17) is 0 Å². The van der Waals surface area contributed by atoms with E-state index in [2.05, 4.69) is 42.1 Å². The van der Waals surface area contributed by atoms with E-state index < -0.39 is 18.0 Å². The van der Waals surface area contributed by atoms with Gasteiger partial charge in [0.15, 0.2) is 0 Å². The van der Waals surface area contributed by atoms with Crippen molar-refractivity contribution in [3.63, 3.8) is 0 Å². The van der Waals surface area contributed by atoms with Crippen molar-refractivity contribution in [1.82, 2.24) is 15.5 Å². The van der Waals surface area contributed by atoms with E-state index in [1.807, 2.05) is 30.3 Å². The summed E-state index contributed by atoms with van der Waals surface area (Å²) in [5.74, 6) is -0.783. The van der Waals surface area contributed by atoms with Crippen LogP contribution in [0.2, 0.25) is 0 Å². The summed E-state index contributed by atoms with van der Waals surface area (Å²) in [6, 6.07) is 20.9. The van der Waals surface area contributed by atoms with E-state index in [-0.39, 0.29) is 17.4 Å². The number of benzene rings is 3. The number of urea groups is 1. The number of hydrogen-bond acceptors (Lipinski definition) is 5. The number of carbonyl (C=O) groups excluding carboxylic acids is 2. The number of hydrogen-bond donors (Lipinski definition) is 3. The van der Waals surface area contributed by atoms with E-state index in [1.54, 1.807) is 36.4 Å². The van der Waals surface area contributed by atoms with Gasteiger partial charge in [0, 0.05) is 22.1 Å². The Kier molecular flexibility index (Phi) is 7.61. The van der Waals surface area contributed by atoms with Crippen molar-refractivity contribution < 1.29 is 14.0 Å². The molecule has 0 aliphatic carbocycles. The molecule has 0 fully saturated rings. The maximum absolute atomic E-state index is 13.2. The monoisotopic (exact) mass is 539 g/mol. The van der Waals surface area contributed by atoms with Gasteiger partial charge in [-0.05, 0) is 54.1 Å². The normalized spacial score (nSPS) is 11.5. The Labute approximate surface area is 207 Å². The van der Waals surface area contributed by atoms with Gasteiger partial charge < -0.3 is 10.6 Å². The molecule has 0 radical (unpaired) electrons. The smallest absolute Gasteiger partial charge is 0.319 e. The number of nitrogens with zero attached hydrogens (tertiary/aromatic N) is 2. The molecule has 3 aromatic carbocycles. The molecule has 7 nitrogen and oxygen atoms in total. The maximum atomic E-state index is 13.2. The first-order valence-electron chi connectivity index (χ1n) is 10.2. The van der Waals surface area contributed by atoms with Crippen LogP contribution in [-0.2, 0) is 11.2 Å². The fraction of sp³-hybridized carbons (Fsp3) is 0.0833. The van der Waals surface area contributed by atoms with Gasteiger partial charge in [0.2, 0.25) is 11.0 Å². The average Bonchev–Trinajstić information content (AvgIpc) is 3.29. The molecule has 34 heavy (non-hydrogen) atoms. The molecule has 0 unspecified atom stereocenters. The van der Waals surface area contributed by atoms with Crippen LogP contribution in [0.4, 0.5) is 20.0 Å². The zero-order valence-electron chi connectivity index (χ0n) is 17.7. The van der Waals surface area contributed by atoms with Crippen molar-refractivity contribution in [1.29, 1.82) is 0 Å². The molecule has 0 saturated heterocycles. The summed E-state index contributed by atoms with van der Waals surface area (Å²) < 4.78 is 14.1. The summed E-state index contributed by atoms with van der Waals surface area (Å²) in [4.78, 5) is 25.7. The summed E-state index contributed by atoms with van der Waals surface area (Å²) in [5, 5.41) is 17.1. The van der Waals surface area contributed by atoms with Crippen LogP contribution >= 0.6 is 27.3 Å². The van der Waals surface area contributed by atoms with Crippen molar-refractivity contribution in [2.45, 2.75) is 12.5 Å². The molecule has 3 N–H and O–H groups in total. The topological polar surface area (TPSA) is 96.0 Å². The van der Waals surface area contributed by atoms with Crippen LogP contribution in [0.15, 0.2) is 83.3 Å². The van der Waals surface area contributed by atoms with Crippen LogP contribution in [0, 0.1) is 5.82 Å². The summed E-state index contributed by atoms with van der Waals surface area (Å²) in [6.45, 7) is 0. The Bertz CT molecular complexity index is 1270. The minimum atomic E-state index is -0.865. The third-order valence-corrected chi connectivity index (χ3v) is 6.17. The maximum Gasteiger partial charge on any atom is 0.319 e. The Morgan fingerprint density at radius 3 is 2.32 bits per heavy atom. The second kappa shape index (κ2) is 11.0. The zero-order valence-corrected chi connectivity index (χ0v) is 20.1.